The lowest BCUT2D eigenvalue weighted by molar-refractivity contribution is -0.132. The zero-order valence-corrected chi connectivity index (χ0v) is 29.9. The number of ketones is 1. The third-order valence-electron chi connectivity index (χ3n) is 5.18. The van der Waals surface area contributed by atoms with Gasteiger partial charge in [-0.2, -0.15) is 0 Å². The summed E-state index contributed by atoms with van der Waals surface area (Å²) in [7, 11) is 1.61. The number of aliphatic hydroxyl groups excluding tert-OH is 1. The summed E-state index contributed by atoms with van der Waals surface area (Å²) in [6, 6.07) is -2.92. The number of amides is 5. The van der Waals surface area contributed by atoms with E-state index in [0.29, 0.717) is 12.8 Å². The average molecular weight is 637 g/mol. The van der Waals surface area contributed by atoms with Crippen LogP contribution in [-0.2, 0) is 19.2 Å². The monoisotopic (exact) mass is 636 g/mol. The van der Waals surface area contributed by atoms with Crippen molar-refractivity contribution in [3.05, 3.63) is 0 Å². The van der Waals surface area contributed by atoms with Gasteiger partial charge in [0.15, 0.2) is 5.78 Å². The van der Waals surface area contributed by atoms with Crippen LogP contribution < -0.4 is 31.7 Å². The van der Waals surface area contributed by atoms with Crippen molar-refractivity contribution in [3.63, 3.8) is 0 Å². The number of hydrogen-bond donors (Lipinski definition) is 7. The zero-order valence-electron chi connectivity index (χ0n) is 29.1. The molecule has 0 aliphatic heterocycles. The zero-order chi connectivity index (χ0) is 34.8. The minimum atomic E-state index is -0.865. The number of carbonyl (C=O) groups excluding carboxylic acids is 5. The van der Waals surface area contributed by atoms with E-state index in [4.69, 9.17) is 5.73 Å². The summed E-state index contributed by atoms with van der Waals surface area (Å²) in [5, 5.41) is 20.0. The van der Waals surface area contributed by atoms with Crippen molar-refractivity contribution in [3.8, 4) is 0 Å². The van der Waals surface area contributed by atoms with Gasteiger partial charge in [-0.3, -0.25) is 23.9 Å². The Balaban J connectivity index is -0.000000853. The molecule has 0 fully saturated rings. The number of primary amides is 1. The molecule has 5 amide bonds. The predicted octanol–water partition coefficient (Wildman–Crippen LogP) is 3.27. The number of aliphatic hydroxyl groups is 1. The van der Waals surface area contributed by atoms with Crippen molar-refractivity contribution < 1.29 is 29.1 Å². The molecular weight excluding hydrogens is 572 g/mol. The molecule has 3 unspecified atom stereocenters. The molecule has 0 saturated heterocycles. The summed E-state index contributed by atoms with van der Waals surface area (Å²) in [6.07, 6.45) is 0.944. The molecule has 12 nitrogen and oxygen atoms in total. The second-order valence-corrected chi connectivity index (χ2v) is 12.5. The second kappa shape index (κ2) is 28.4. The lowest BCUT2D eigenvalue weighted by Gasteiger charge is -2.25. The molecule has 3 atom stereocenters. The lowest BCUT2D eigenvalue weighted by atomic mass is 10.0. The molecule has 0 aromatic heterocycles. The molecule has 0 heterocycles. The van der Waals surface area contributed by atoms with E-state index in [1.807, 2.05) is 27.7 Å². The molecule has 0 spiro atoms. The largest absolute Gasteiger partial charge is 0.395 e. The van der Waals surface area contributed by atoms with E-state index in [-0.39, 0.29) is 43.6 Å². The van der Waals surface area contributed by atoms with Gasteiger partial charge >= 0.3 is 6.03 Å². The molecule has 13 heteroatoms. The minimum Gasteiger partial charge on any atom is -0.395 e. The van der Waals surface area contributed by atoms with Crippen molar-refractivity contribution >= 4 is 41.5 Å². The molecule has 0 saturated carbocycles. The van der Waals surface area contributed by atoms with Gasteiger partial charge < -0.3 is 32.1 Å². The maximum absolute atomic E-state index is 12.8. The number of hydrogen-bond acceptors (Lipinski definition) is 8. The first-order valence-electron chi connectivity index (χ1n) is 15.4. The molecule has 0 rings (SSSR count). The Kier molecular flexibility index (Phi) is 31.4. The summed E-state index contributed by atoms with van der Waals surface area (Å²) >= 11 is 1.10. The van der Waals surface area contributed by atoms with Crippen LogP contribution in [-0.4, -0.2) is 77.7 Å². The topological polar surface area (TPSA) is 192 Å². The summed E-state index contributed by atoms with van der Waals surface area (Å²) in [5.74, 6) is -0.859. The number of urea groups is 1. The molecule has 0 aromatic rings. The maximum atomic E-state index is 12.8. The van der Waals surface area contributed by atoms with Crippen LogP contribution in [0.15, 0.2) is 0 Å². The van der Waals surface area contributed by atoms with E-state index < -0.39 is 40.7 Å². The number of Topliss-reactive ketones (excluding diaryl/α,β-unsaturated/α-hetero) is 1. The fourth-order valence-electron chi connectivity index (χ4n) is 2.91. The van der Waals surface area contributed by atoms with Crippen molar-refractivity contribution in [2.75, 3.05) is 20.2 Å². The molecule has 0 bridgehead atoms. The summed E-state index contributed by atoms with van der Waals surface area (Å²) in [5.41, 5.74) is 5.01. The highest BCUT2D eigenvalue weighted by Gasteiger charge is 2.28. The molecule has 0 aromatic carbocycles. The Labute approximate surface area is 265 Å². The SMILES string of the molecule is CC.CC.CC(C)C.CNC(CCC(=O)NC(C(=O)NC(CCCNC(N)=O)C(C)=O)C(C)C)C(=O)NSC(C)(C)CO. The van der Waals surface area contributed by atoms with E-state index >= 15 is 0 Å². The third kappa shape index (κ3) is 28.2. The van der Waals surface area contributed by atoms with Crippen molar-refractivity contribution in [2.24, 2.45) is 17.6 Å². The molecule has 0 aliphatic carbocycles. The Morgan fingerprint density at radius 3 is 1.77 bits per heavy atom. The van der Waals surface area contributed by atoms with Crippen LogP contribution in [0.5, 0.6) is 0 Å². The van der Waals surface area contributed by atoms with Crippen molar-refractivity contribution in [1.29, 1.82) is 0 Å². The van der Waals surface area contributed by atoms with Crippen molar-refractivity contribution in [2.45, 2.75) is 132 Å². The molecule has 8 N–H and O–H groups in total. The highest BCUT2D eigenvalue weighted by Crippen LogP contribution is 2.20. The van der Waals surface area contributed by atoms with E-state index in [9.17, 15) is 29.1 Å². The summed E-state index contributed by atoms with van der Waals surface area (Å²) < 4.78 is 2.14. The second-order valence-electron chi connectivity index (χ2n) is 11.0. The molecule has 256 valence electrons. The number of likely N-dealkylation sites (N-methyl/N-ethyl adjacent to an activating group) is 1. The highest BCUT2D eigenvalue weighted by atomic mass is 32.2. The van der Waals surface area contributed by atoms with E-state index in [2.05, 4.69) is 46.8 Å². The van der Waals surface area contributed by atoms with E-state index in [1.165, 1.54) is 6.92 Å². The van der Waals surface area contributed by atoms with Gasteiger partial charge in [0.2, 0.25) is 17.7 Å². The first-order valence-corrected chi connectivity index (χ1v) is 16.2. The third-order valence-corrected chi connectivity index (χ3v) is 6.16. The number of rotatable bonds is 17. The standard InChI is InChI=1S/C22H42N6O6S.C4H10.2C2H6/c1-13(2)18(20(33)26-15(14(3)30)8-7-11-25-21(23)34)27-17(31)10-9-16(24-6)19(32)28-35-22(4,5)12-29;1-4(2)3;2*1-2/h13,15-16,18,24,29H,7-12H2,1-6H3,(H,26,33)(H,27,31)(H,28,32)(H3,23,25,34);4H,1-3H3;2*1-2H3. The van der Waals surface area contributed by atoms with Crippen LogP contribution >= 0.6 is 11.9 Å². The van der Waals surface area contributed by atoms with Crippen LogP contribution in [0, 0.1) is 11.8 Å². The fourth-order valence-corrected chi connectivity index (χ4v) is 3.49. The first-order chi connectivity index (χ1) is 20.0. The normalized spacial score (nSPS) is 12.5. The van der Waals surface area contributed by atoms with Gasteiger partial charge in [0.1, 0.15) is 6.04 Å². The van der Waals surface area contributed by atoms with Gasteiger partial charge in [-0.05, 0) is 70.9 Å². The van der Waals surface area contributed by atoms with Gasteiger partial charge in [0.05, 0.1) is 23.4 Å². The van der Waals surface area contributed by atoms with Crippen LogP contribution in [0.25, 0.3) is 0 Å². The average Bonchev–Trinajstić information content (AvgIpc) is 2.93. The molecule has 0 radical (unpaired) electrons. The lowest BCUT2D eigenvalue weighted by Crippen LogP contribution is -2.53. The Bertz CT molecular complexity index is 777. The van der Waals surface area contributed by atoms with Crippen LogP contribution in [0.1, 0.15) is 109 Å². The fraction of sp³-hybridized carbons (Fsp3) is 0.833. The van der Waals surface area contributed by atoms with Crippen LogP contribution in [0.4, 0.5) is 4.79 Å². The minimum absolute atomic E-state index is 0.00158. The van der Waals surface area contributed by atoms with E-state index in [0.717, 1.165) is 17.9 Å². The van der Waals surface area contributed by atoms with Crippen LogP contribution in [0.2, 0.25) is 0 Å². The van der Waals surface area contributed by atoms with Gasteiger partial charge in [-0.1, -0.05) is 62.3 Å². The van der Waals surface area contributed by atoms with Crippen LogP contribution in [0.3, 0.4) is 0 Å². The van der Waals surface area contributed by atoms with Crippen molar-refractivity contribution in [1.82, 2.24) is 26.0 Å². The predicted molar refractivity (Wildman–Crippen MR) is 178 cm³/mol. The van der Waals surface area contributed by atoms with Gasteiger partial charge in [-0.15, -0.1) is 0 Å². The Morgan fingerprint density at radius 2 is 1.37 bits per heavy atom. The summed E-state index contributed by atoms with van der Waals surface area (Å²) in [6.45, 7) is 23.1. The number of nitrogens with one attached hydrogen (secondary N) is 5. The Hall–Kier alpha value is -2.38. The molecule has 43 heavy (non-hydrogen) atoms. The van der Waals surface area contributed by atoms with Gasteiger partial charge in [0.25, 0.3) is 0 Å². The molecule has 0 aliphatic rings. The highest BCUT2D eigenvalue weighted by molar-refractivity contribution is 7.99. The summed E-state index contributed by atoms with van der Waals surface area (Å²) in [4.78, 5) is 60.5. The number of nitrogens with two attached hydrogens (primary N) is 1. The maximum Gasteiger partial charge on any atom is 0.312 e. The quantitative estimate of drug-likeness (QED) is 0.0934. The Morgan fingerprint density at radius 1 is 0.860 bits per heavy atom. The van der Waals surface area contributed by atoms with Gasteiger partial charge in [-0.25, -0.2) is 4.79 Å². The van der Waals surface area contributed by atoms with Gasteiger partial charge in [0, 0.05) is 13.0 Å². The smallest absolute Gasteiger partial charge is 0.312 e. The van der Waals surface area contributed by atoms with E-state index in [1.54, 1.807) is 34.7 Å². The first kappa shape index (κ1) is 47.5. The number of carbonyl (C=O) groups is 5. The molecular formula is C30H64N6O6S.